The molecule has 1 atom stereocenters. The minimum Gasteiger partial charge on any atom is -0.493 e. The maximum absolute atomic E-state index is 11.2. The predicted molar refractivity (Wildman–Crippen MR) is 77.7 cm³/mol. The van der Waals surface area contributed by atoms with Crippen molar-refractivity contribution in [2.75, 3.05) is 26.4 Å². The van der Waals surface area contributed by atoms with E-state index in [0.717, 1.165) is 27.8 Å². The summed E-state index contributed by atoms with van der Waals surface area (Å²) in [7, 11) is 0. The van der Waals surface area contributed by atoms with E-state index in [4.69, 9.17) is 19.9 Å². The van der Waals surface area contributed by atoms with Crippen LogP contribution >= 0.6 is 15.9 Å². The van der Waals surface area contributed by atoms with Crippen LogP contribution in [0.25, 0.3) is 0 Å². The lowest BCUT2D eigenvalue weighted by Gasteiger charge is -2.16. The van der Waals surface area contributed by atoms with Gasteiger partial charge in [-0.25, -0.2) is 4.79 Å². The molecule has 0 aliphatic carbocycles. The Balaban J connectivity index is 1.96. The summed E-state index contributed by atoms with van der Waals surface area (Å²) in [6, 6.07) is 3.63. The largest absolute Gasteiger partial charge is 0.493 e. The number of ether oxygens (including phenoxy) is 3. The summed E-state index contributed by atoms with van der Waals surface area (Å²) in [6.45, 7) is 2.94. The Morgan fingerprint density at radius 2 is 2.35 bits per heavy atom. The smallest absolute Gasteiger partial charge is 0.332 e. The molecule has 1 unspecified atom stereocenters. The van der Waals surface area contributed by atoms with E-state index in [0.29, 0.717) is 13.2 Å². The van der Waals surface area contributed by atoms with Crippen LogP contribution in [0.15, 0.2) is 16.6 Å². The quantitative estimate of drug-likeness (QED) is 0.799. The van der Waals surface area contributed by atoms with Gasteiger partial charge in [-0.05, 0) is 24.6 Å². The van der Waals surface area contributed by atoms with E-state index in [-0.39, 0.29) is 25.2 Å². The molecule has 0 aromatic heterocycles. The topological polar surface area (TPSA) is 70.8 Å². The highest BCUT2D eigenvalue weighted by atomic mass is 79.9. The molecule has 0 saturated heterocycles. The molecule has 1 heterocycles. The molecular formula is C14H18BrNO4. The van der Waals surface area contributed by atoms with E-state index in [9.17, 15) is 4.79 Å². The predicted octanol–water partition coefficient (Wildman–Crippen LogP) is 1.96. The first-order valence-electron chi connectivity index (χ1n) is 6.56. The molecule has 5 nitrogen and oxygen atoms in total. The van der Waals surface area contributed by atoms with Crippen LogP contribution in [0.1, 0.15) is 24.1 Å². The van der Waals surface area contributed by atoms with Crippen molar-refractivity contribution in [3.05, 3.63) is 27.7 Å². The van der Waals surface area contributed by atoms with Crippen LogP contribution in [0.5, 0.6) is 5.75 Å². The van der Waals surface area contributed by atoms with Crippen molar-refractivity contribution in [3.8, 4) is 5.75 Å². The van der Waals surface area contributed by atoms with Gasteiger partial charge >= 0.3 is 5.97 Å². The van der Waals surface area contributed by atoms with Crippen molar-refractivity contribution in [1.82, 2.24) is 0 Å². The van der Waals surface area contributed by atoms with Gasteiger partial charge in [0.1, 0.15) is 12.4 Å². The van der Waals surface area contributed by atoms with Crippen LogP contribution < -0.4 is 10.5 Å². The SMILES string of the molecule is CCOC(=O)COCC(N)c1cc(Br)cc2c1OCC2. The fraction of sp³-hybridized carbons (Fsp3) is 0.500. The Morgan fingerprint density at radius 1 is 1.55 bits per heavy atom. The van der Waals surface area contributed by atoms with E-state index in [1.165, 1.54) is 0 Å². The average Bonchev–Trinajstić information content (AvgIpc) is 2.85. The van der Waals surface area contributed by atoms with Crippen molar-refractivity contribution in [3.63, 3.8) is 0 Å². The highest BCUT2D eigenvalue weighted by molar-refractivity contribution is 9.10. The fourth-order valence-electron chi connectivity index (χ4n) is 2.14. The Bertz CT molecular complexity index is 492. The Morgan fingerprint density at radius 3 is 3.10 bits per heavy atom. The minimum absolute atomic E-state index is 0.0847. The first kappa shape index (κ1) is 15.3. The van der Waals surface area contributed by atoms with Gasteiger partial charge in [0.15, 0.2) is 0 Å². The van der Waals surface area contributed by atoms with Gasteiger partial charge in [0.2, 0.25) is 0 Å². The van der Waals surface area contributed by atoms with Gasteiger partial charge in [-0.1, -0.05) is 15.9 Å². The first-order chi connectivity index (χ1) is 9.61. The standard InChI is InChI=1S/C14H18BrNO4/c1-2-19-13(17)8-18-7-12(16)11-6-10(15)5-9-3-4-20-14(9)11/h5-6,12H,2-4,7-8,16H2,1H3. The normalized spacial score (nSPS) is 14.6. The summed E-state index contributed by atoms with van der Waals surface area (Å²) in [4.78, 5) is 11.2. The van der Waals surface area contributed by atoms with Gasteiger partial charge < -0.3 is 19.9 Å². The van der Waals surface area contributed by atoms with Crippen LogP contribution in [0, 0.1) is 0 Å². The van der Waals surface area contributed by atoms with E-state index >= 15 is 0 Å². The van der Waals surface area contributed by atoms with E-state index in [1.807, 2.05) is 12.1 Å². The maximum Gasteiger partial charge on any atom is 0.332 e. The summed E-state index contributed by atoms with van der Waals surface area (Å²) < 4.78 is 16.7. The number of nitrogens with two attached hydrogens (primary N) is 1. The average molecular weight is 344 g/mol. The molecule has 1 aromatic rings. The summed E-state index contributed by atoms with van der Waals surface area (Å²) in [5, 5.41) is 0. The van der Waals surface area contributed by atoms with E-state index < -0.39 is 0 Å². The van der Waals surface area contributed by atoms with Crippen molar-refractivity contribution in [1.29, 1.82) is 0 Å². The van der Waals surface area contributed by atoms with Crippen LogP contribution in [-0.2, 0) is 20.7 Å². The van der Waals surface area contributed by atoms with Gasteiger partial charge in [0.25, 0.3) is 0 Å². The van der Waals surface area contributed by atoms with Crippen LogP contribution in [0.3, 0.4) is 0 Å². The van der Waals surface area contributed by atoms with Gasteiger partial charge in [0.05, 0.1) is 25.9 Å². The second-order valence-corrected chi connectivity index (χ2v) is 5.42. The van der Waals surface area contributed by atoms with Gasteiger partial charge in [0, 0.05) is 16.5 Å². The zero-order chi connectivity index (χ0) is 14.5. The molecule has 1 aliphatic heterocycles. The Labute approximate surface area is 126 Å². The lowest BCUT2D eigenvalue weighted by Crippen LogP contribution is -2.21. The number of carbonyl (C=O) groups is 1. The molecule has 0 fully saturated rings. The van der Waals surface area contributed by atoms with Gasteiger partial charge in [-0.2, -0.15) is 0 Å². The second kappa shape index (κ2) is 7.06. The molecule has 6 heteroatoms. The third-order valence-corrected chi connectivity index (χ3v) is 3.46. The van der Waals surface area contributed by atoms with Crippen molar-refractivity contribution in [2.24, 2.45) is 5.73 Å². The number of hydrogen-bond donors (Lipinski definition) is 1. The minimum atomic E-state index is -0.379. The number of hydrogen-bond acceptors (Lipinski definition) is 5. The van der Waals surface area contributed by atoms with Gasteiger partial charge in [-0.15, -0.1) is 0 Å². The summed E-state index contributed by atoms with van der Waals surface area (Å²) in [5.74, 6) is 0.468. The molecule has 1 aromatic carbocycles. The number of fused-ring (bicyclic) bond motifs is 1. The highest BCUT2D eigenvalue weighted by Gasteiger charge is 2.21. The maximum atomic E-state index is 11.2. The number of esters is 1. The second-order valence-electron chi connectivity index (χ2n) is 4.51. The summed E-state index contributed by atoms with van der Waals surface area (Å²) in [6.07, 6.45) is 0.887. The lowest BCUT2D eigenvalue weighted by atomic mass is 10.0. The summed E-state index contributed by atoms with van der Waals surface area (Å²) >= 11 is 3.47. The molecular weight excluding hydrogens is 326 g/mol. The molecule has 1 aliphatic rings. The zero-order valence-electron chi connectivity index (χ0n) is 11.4. The van der Waals surface area contributed by atoms with Crippen molar-refractivity contribution in [2.45, 2.75) is 19.4 Å². The molecule has 0 radical (unpaired) electrons. The van der Waals surface area contributed by atoms with E-state index in [1.54, 1.807) is 6.92 Å². The monoisotopic (exact) mass is 343 g/mol. The lowest BCUT2D eigenvalue weighted by molar-refractivity contribution is -0.148. The number of carbonyl (C=O) groups excluding carboxylic acids is 1. The first-order valence-corrected chi connectivity index (χ1v) is 7.35. The molecule has 0 saturated carbocycles. The number of halogens is 1. The van der Waals surface area contributed by atoms with Crippen LogP contribution in [-0.4, -0.2) is 32.4 Å². The molecule has 110 valence electrons. The molecule has 0 spiro atoms. The van der Waals surface area contributed by atoms with Gasteiger partial charge in [-0.3, -0.25) is 0 Å². The van der Waals surface area contributed by atoms with Crippen molar-refractivity contribution >= 4 is 21.9 Å². The molecule has 2 rings (SSSR count). The third-order valence-electron chi connectivity index (χ3n) is 3.00. The zero-order valence-corrected chi connectivity index (χ0v) is 12.9. The van der Waals surface area contributed by atoms with Crippen LogP contribution in [0.2, 0.25) is 0 Å². The Kier molecular flexibility index (Phi) is 5.39. The Hall–Kier alpha value is -1.11. The number of benzene rings is 1. The molecule has 20 heavy (non-hydrogen) atoms. The molecule has 0 bridgehead atoms. The van der Waals surface area contributed by atoms with Crippen molar-refractivity contribution < 1.29 is 19.0 Å². The molecule has 2 N–H and O–H groups in total. The number of rotatable bonds is 6. The molecule has 0 amide bonds. The van der Waals surface area contributed by atoms with Crippen LogP contribution in [0.4, 0.5) is 0 Å². The summed E-state index contributed by atoms with van der Waals surface area (Å²) in [5.41, 5.74) is 8.17. The third kappa shape index (κ3) is 3.71. The highest BCUT2D eigenvalue weighted by Crippen LogP contribution is 2.35. The fourth-order valence-corrected chi connectivity index (χ4v) is 2.66. The van der Waals surface area contributed by atoms with E-state index in [2.05, 4.69) is 15.9 Å².